The van der Waals surface area contributed by atoms with Gasteiger partial charge in [0.1, 0.15) is 5.76 Å². The van der Waals surface area contributed by atoms with Crippen LogP contribution in [0.3, 0.4) is 0 Å². The summed E-state index contributed by atoms with van der Waals surface area (Å²) in [5, 5.41) is 0. The smallest absolute Gasteiger partial charge is 0.248 e. The standard InChI is InChI=1S/C17H19N3O4/c1-11-13(19-17(24-11)12-5-3-2-4-6-12)9-15(21)20-7-8-23-14(10-20)16(18)22/h2-6,14H,7-10H2,1H3,(H2,18,22). The zero-order valence-corrected chi connectivity index (χ0v) is 13.4. The number of morpholine rings is 1. The first-order chi connectivity index (χ1) is 11.5. The van der Waals surface area contributed by atoms with Crippen LogP contribution in [0.1, 0.15) is 11.5 Å². The molecule has 0 saturated carbocycles. The molecule has 3 rings (SSSR count). The largest absolute Gasteiger partial charge is 0.441 e. The Balaban J connectivity index is 1.71. The van der Waals surface area contributed by atoms with Gasteiger partial charge in [-0.05, 0) is 19.1 Å². The van der Waals surface area contributed by atoms with Crippen molar-refractivity contribution in [1.82, 2.24) is 9.88 Å². The van der Waals surface area contributed by atoms with Gasteiger partial charge in [-0.15, -0.1) is 0 Å². The van der Waals surface area contributed by atoms with Crippen LogP contribution < -0.4 is 5.73 Å². The van der Waals surface area contributed by atoms with Gasteiger partial charge < -0.3 is 19.8 Å². The number of hydrogen-bond acceptors (Lipinski definition) is 5. The van der Waals surface area contributed by atoms with Gasteiger partial charge in [-0.2, -0.15) is 0 Å². The highest BCUT2D eigenvalue weighted by molar-refractivity contribution is 5.82. The fourth-order valence-corrected chi connectivity index (χ4v) is 2.60. The molecule has 1 fully saturated rings. The van der Waals surface area contributed by atoms with Crippen LogP contribution in [-0.2, 0) is 20.7 Å². The summed E-state index contributed by atoms with van der Waals surface area (Å²) in [6, 6.07) is 9.51. The number of nitrogens with zero attached hydrogens (tertiary/aromatic N) is 2. The lowest BCUT2D eigenvalue weighted by Crippen LogP contribution is -2.50. The Kier molecular flexibility index (Phi) is 4.61. The predicted molar refractivity (Wildman–Crippen MR) is 85.9 cm³/mol. The molecule has 2 aromatic rings. The first-order valence-corrected chi connectivity index (χ1v) is 7.75. The second-order valence-electron chi connectivity index (χ2n) is 5.67. The summed E-state index contributed by atoms with van der Waals surface area (Å²) in [6.45, 7) is 2.70. The fourth-order valence-electron chi connectivity index (χ4n) is 2.60. The molecule has 2 amide bonds. The maximum atomic E-state index is 12.5. The second kappa shape index (κ2) is 6.84. The molecule has 1 aliphatic rings. The zero-order valence-electron chi connectivity index (χ0n) is 13.4. The number of hydrogen-bond donors (Lipinski definition) is 1. The number of aromatic nitrogens is 1. The lowest BCUT2D eigenvalue weighted by Gasteiger charge is -2.31. The Morgan fingerprint density at radius 2 is 2.08 bits per heavy atom. The minimum atomic E-state index is -0.749. The lowest BCUT2D eigenvalue weighted by molar-refractivity contribution is -0.145. The first-order valence-electron chi connectivity index (χ1n) is 7.75. The van der Waals surface area contributed by atoms with Crippen LogP contribution in [-0.4, -0.2) is 47.5 Å². The highest BCUT2D eigenvalue weighted by atomic mass is 16.5. The molecule has 7 nitrogen and oxygen atoms in total. The molecule has 0 bridgehead atoms. The number of benzene rings is 1. The summed E-state index contributed by atoms with van der Waals surface area (Å²) >= 11 is 0. The summed E-state index contributed by atoms with van der Waals surface area (Å²) < 4.78 is 10.9. The lowest BCUT2D eigenvalue weighted by atomic mass is 10.2. The van der Waals surface area contributed by atoms with Crippen LogP contribution >= 0.6 is 0 Å². The molecule has 1 aromatic heterocycles. The van der Waals surface area contributed by atoms with E-state index in [4.69, 9.17) is 14.9 Å². The second-order valence-corrected chi connectivity index (χ2v) is 5.67. The van der Waals surface area contributed by atoms with Gasteiger partial charge in [0.2, 0.25) is 17.7 Å². The van der Waals surface area contributed by atoms with Gasteiger partial charge in [0.15, 0.2) is 6.10 Å². The van der Waals surface area contributed by atoms with Gasteiger partial charge in [0.25, 0.3) is 0 Å². The van der Waals surface area contributed by atoms with Gasteiger partial charge in [0, 0.05) is 12.1 Å². The molecule has 0 radical (unpaired) electrons. The van der Waals surface area contributed by atoms with E-state index in [-0.39, 0.29) is 18.9 Å². The number of carbonyl (C=O) groups excluding carboxylic acids is 2. The van der Waals surface area contributed by atoms with Gasteiger partial charge in [0.05, 0.1) is 25.3 Å². The number of rotatable bonds is 4. The molecule has 0 aliphatic carbocycles. The van der Waals surface area contributed by atoms with Crippen LogP contribution in [0, 0.1) is 6.92 Å². The topological polar surface area (TPSA) is 98.7 Å². The van der Waals surface area contributed by atoms with E-state index < -0.39 is 12.0 Å². The van der Waals surface area contributed by atoms with E-state index in [9.17, 15) is 9.59 Å². The van der Waals surface area contributed by atoms with Crippen molar-refractivity contribution in [2.45, 2.75) is 19.4 Å². The minimum absolute atomic E-state index is 0.119. The van der Waals surface area contributed by atoms with E-state index in [1.807, 2.05) is 30.3 Å². The van der Waals surface area contributed by atoms with Gasteiger partial charge in [-0.25, -0.2) is 4.98 Å². The summed E-state index contributed by atoms with van der Waals surface area (Å²) in [5.74, 6) is 0.423. The molecular formula is C17H19N3O4. The molecule has 1 unspecified atom stereocenters. The Morgan fingerprint density at radius 3 is 2.79 bits per heavy atom. The number of oxazole rings is 1. The van der Waals surface area contributed by atoms with Crippen molar-refractivity contribution < 1.29 is 18.7 Å². The highest BCUT2D eigenvalue weighted by Gasteiger charge is 2.28. The van der Waals surface area contributed by atoms with Crippen molar-refractivity contribution in [2.24, 2.45) is 5.73 Å². The monoisotopic (exact) mass is 329 g/mol. The predicted octanol–water partition coefficient (Wildman–Crippen LogP) is 0.905. The summed E-state index contributed by atoms with van der Waals surface area (Å²) in [6.07, 6.45) is -0.630. The van der Waals surface area contributed by atoms with E-state index in [1.54, 1.807) is 11.8 Å². The zero-order chi connectivity index (χ0) is 17.1. The van der Waals surface area contributed by atoms with Crippen molar-refractivity contribution in [1.29, 1.82) is 0 Å². The third-order valence-electron chi connectivity index (χ3n) is 3.97. The van der Waals surface area contributed by atoms with Crippen LogP contribution in [0.15, 0.2) is 34.7 Å². The molecule has 2 heterocycles. The third kappa shape index (κ3) is 3.46. The van der Waals surface area contributed by atoms with Crippen LogP contribution in [0.2, 0.25) is 0 Å². The normalized spacial score (nSPS) is 17.7. The SMILES string of the molecule is Cc1oc(-c2ccccc2)nc1CC(=O)N1CCOC(C(N)=O)C1. The van der Waals surface area contributed by atoms with E-state index in [2.05, 4.69) is 4.98 Å². The van der Waals surface area contributed by atoms with Gasteiger partial charge in [-0.3, -0.25) is 9.59 Å². The van der Waals surface area contributed by atoms with Gasteiger partial charge in [-0.1, -0.05) is 18.2 Å². The number of carbonyl (C=O) groups is 2. The van der Waals surface area contributed by atoms with Crippen LogP contribution in [0.5, 0.6) is 0 Å². The highest BCUT2D eigenvalue weighted by Crippen LogP contribution is 2.22. The number of nitrogens with two attached hydrogens (primary N) is 1. The van der Waals surface area contributed by atoms with E-state index in [1.165, 1.54) is 0 Å². The van der Waals surface area contributed by atoms with E-state index in [0.29, 0.717) is 30.5 Å². The Hall–Kier alpha value is -2.67. The third-order valence-corrected chi connectivity index (χ3v) is 3.97. The first kappa shape index (κ1) is 16.2. The summed E-state index contributed by atoms with van der Waals surface area (Å²) in [4.78, 5) is 29.7. The average molecular weight is 329 g/mol. The van der Waals surface area contributed by atoms with Crippen molar-refractivity contribution >= 4 is 11.8 Å². The molecule has 24 heavy (non-hydrogen) atoms. The van der Waals surface area contributed by atoms with E-state index >= 15 is 0 Å². The Bertz CT molecular complexity index is 742. The van der Waals surface area contributed by atoms with Crippen molar-refractivity contribution in [3.05, 3.63) is 41.8 Å². The van der Waals surface area contributed by atoms with Crippen molar-refractivity contribution in [3.63, 3.8) is 0 Å². The molecule has 1 aliphatic heterocycles. The number of amides is 2. The quantitative estimate of drug-likeness (QED) is 0.899. The molecular weight excluding hydrogens is 310 g/mol. The number of primary amides is 1. The maximum Gasteiger partial charge on any atom is 0.248 e. The molecule has 7 heteroatoms. The minimum Gasteiger partial charge on any atom is -0.441 e. The fraction of sp³-hybridized carbons (Fsp3) is 0.353. The number of ether oxygens (including phenoxy) is 1. The summed E-state index contributed by atoms with van der Waals surface area (Å²) in [5.41, 5.74) is 6.70. The van der Waals surface area contributed by atoms with Crippen LogP contribution in [0.25, 0.3) is 11.5 Å². The molecule has 1 aromatic carbocycles. The summed E-state index contributed by atoms with van der Waals surface area (Å²) in [7, 11) is 0. The molecule has 126 valence electrons. The van der Waals surface area contributed by atoms with Crippen molar-refractivity contribution in [3.8, 4) is 11.5 Å². The number of aryl methyl sites for hydroxylation is 1. The molecule has 1 saturated heterocycles. The van der Waals surface area contributed by atoms with Crippen LogP contribution in [0.4, 0.5) is 0 Å². The van der Waals surface area contributed by atoms with Gasteiger partial charge >= 0.3 is 0 Å². The maximum absolute atomic E-state index is 12.5. The van der Waals surface area contributed by atoms with E-state index in [0.717, 1.165) is 5.56 Å². The molecule has 2 N–H and O–H groups in total. The Morgan fingerprint density at radius 1 is 1.33 bits per heavy atom. The molecule has 0 spiro atoms. The molecule has 1 atom stereocenters. The Labute approximate surface area is 139 Å². The van der Waals surface area contributed by atoms with Crippen molar-refractivity contribution in [2.75, 3.05) is 19.7 Å². The average Bonchev–Trinajstić information content (AvgIpc) is 2.96.